The largest absolute Gasteiger partial charge is 0.334 e. The monoisotopic (exact) mass is 300 g/mol. The molecule has 1 amide bonds. The van der Waals surface area contributed by atoms with Crippen molar-refractivity contribution < 1.29 is 4.79 Å². The Kier molecular flexibility index (Phi) is 4.71. The molecule has 1 saturated heterocycles. The van der Waals surface area contributed by atoms with Crippen molar-refractivity contribution in [3.8, 4) is 0 Å². The Morgan fingerprint density at radius 1 is 1.47 bits per heavy atom. The highest BCUT2D eigenvalue weighted by molar-refractivity contribution is 6.42. The van der Waals surface area contributed by atoms with E-state index in [1.54, 1.807) is 6.07 Å². The van der Waals surface area contributed by atoms with Crippen molar-refractivity contribution in [2.45, 2.75) is 38.3 Å². The fraction of sp³-hybridized carbons (Fsp3) is 0.500. The summed E-state index contributed by atoms with van der Waals surface area (Å²) >= 11 is 12.0. The molecule has 0 saturated carbocycles. The molecule has 1 aromatic rings. The summed E-state index contributed by atoms with van der Waals surface area (Å²) < 4.78 is 0. The molecule has 0 bridgehead atoms. The van der Waals surface area contributed by atoms with Gasteiger partial charge in [-0.1, -0.05) is 36.2 Å². The van der Waals surface area contributed by atoms with Crippen LogP contribution >= 0.6 is 23.2 Å². The van der Waals surface area contributed by atoms with E-state index in [2.05, 4.69) is 0 Å². The number of nitrogens with two attached hydrogens (primary N) is 1. The zero-order valence-electron chi connectivity index (χ0n) is 10.9. The van der Waals surface area contributed by atoms with Crippen molar-refractivity contribution in [3.63, 3.8) is 0 Å². The molecule has 104 valence electrons. The number of carbonyl (C=O) groups excluding carboxylic acids is 1. The SMILES string of the molecule is CCC(N)C(=O)N1CCCC1c1ccc(Cl)c(Cl)c1. The highest BCUT2D eigenvalue weighted by atomic mass is 35.5. The molecule has 2 atom stereocenters. The zero-order valence-corrected chi connectivity index (χ0v) is 12.4. The van der Waals surface area contributed by atoms with E-state index in [0.717, 1.165) is 24.9 Å². The molecule has 5 heteroatoms. The fourth-order valence-corrected chi connectivity index (χ4v) is 2.79. The maximum Gasteiger partial charge on any atom is 0.239 e. The molecule has 2 N–H and O–H groups in total. The quantitative estimate of drug-likeness (QED) is 0.930. The molecule has 0 radical (unpaired) electrons. The summed E-state index contributed by atoms with van der Waals surface area (Å²) in [6.45, 7) is 2.68. The predicted molar refractivity (Wildman–Crippen MR) is 78.4 cm³/mol. The van der Waals surface area contributed by atoms with Crippen molar-refractivity contribution in [2.75, 3.05) is 6.54 Å². The van der Waals surface area contributed by atoms with E-state index in [9.17, 15) is 4.79 Å². The van der Waals surface area contributed by atoms with E-state index in [-0.39, 0.29) is 11.9 Å². The van der Waals surface area contributed by atoms with Gasteiger partial charge in [-0.25, -0.2) is 0 Å². The Morgan fingerprint density at radius 3 is 2.84 bits per heavy atom. The molecule has 0 aliphatic carbocycles. The van der Waals surface area contributed by atoms with Crippen LogP contribution in [0.4, 0.5) is 0 Å². The van der Waals surface area contributed by atoms with Crippen LogP contribution < -0.4 is 5.73 Å². The van der Waals surface area contributed by atoms with Gasteiger partial charge < -0.3 is 10.6 Å². The van der Waals surface area contributed by atoms with Crippen LogP contribution in [0.3, 0.4) is 0 Å². The van der Waals surface area contributed by atoms with Crippen LogP contribution in [-0.4, -0.2) is 23.4 Å². The minimum atomic E-state index is -0.414. The molecule has 0 spiro atoms. The molecule has 19 heavy (non-hydrogen) atoms. The Labute approximate surface area is 123 Å². The van der Waals surface area contributed by atoms with E-state index >= 15 is 0 Å². The molecule has 1 fully saturated rings. The number of likely N-dealkylation sites (tertiary alicyclic amines) is 1. The van der Waals surface area contributed by atoms with Gasteiger partial charge in [0.15, 0.2) is 0 Å². The van der Waals surface area contributed by atoms with Gasteiger partial charge in [0.25, 0.3) is 0 Å². The second-order valence-electron chi connectivity index (χ2n) is 4.88. The van der Waals surface area contributed by atoms with Gasteiger partial charge in [0.05, 0.1) is 22.1 Å². The highest BCUT2D eigenvalue weighted by Crippen LogP contribution is 2.35. The number of hydrogen-bond donors (Lipinski definition) is 1. The van der Waals surface area contributed by atoms with Gasteiger partial charge in [0.1, 0.15) is 0 Å². The highest BCUT2D eigenvalue weighted by Gasteiger charge is 2.32. The van der Waals surface area contributed by atoms with E-state index < -0.39 is 6.04 Å². The van der Waals surface area contributed by atoms with Crippen molar-refractivity contribution in [1.82, 2.24) is 4.90 Å². The molecule has 1 aromatic carbocycles. The Bertz CT molecular complexity index is 479. The summed E-state index contributed by atoms with van der Waals surface area (Å²) in [6, 6.07) is 5.21. The summed E-state index contributed by atoms with van der Waals surface area (Å²) in [4.78, 5) is 14.1. The lowest BCUT2D eigenvalue weighted by molar-refractivity contribution is -0.133. The summed E-state index contributed by atoms with van der Waals surface area (Å²) in [5, 5.41) is 1.06. The zero-order chi connectivity index (χ0) is 14.0. The number of benzene rings is 1. The third-order valence-electron chi connectivity index (χ3n) is 3.62. The average molecular weight is 301 g/mol. The lowest BCUT2D eigenvalue weighted by atomic mass is 10.0. The molecular formula is C14H18Cl2N2O. The van der Waals surface area contributed by atoms with Gasteiger partial charge >= 0.3 is 0 Å². The molecule has 2 unspecified atom stereocenters. The smallest absolute Gasteiger partial charge is 0.239 e. The maximum atomic E-state index is 12.3. The first-order valence-electron chi connectivity index (χ1n) is 6.55. The van der Waals surface area contributed by atoms with Crippen LogP contribution in [0.2, 0.25) is 10.0 Å². The van der Waals surface area contributed by atoms with E-state index in [0.29, 0.717) is 16.5 Å². The molecule has 3 nitrogen and oxygen atoms in total. The van der Waals surface area contributed by atoms with Crippen LogP contribution in [-0.2, 0) is 4.79 Å². The van der Waals surface area contributed by atoms with Crippen molar-refractivity contribution in [3.05, 3.63) is 33.8 Å². The molecule has 1 aliphatic rings. The van der Waals surface area contributed by atoms with Gasteiger partial charge in [0.2, 0.25) is 5.91 Å². The van der Waals surface area contributed by atoms with E-state index in [1.807, 2.05) is 24.0 Å². The van der Waals surface area contributed by atoms with Crippen LogP contribution in [0, 0.1) is 0 Å². The summed E-state index contributed by atoms with van der Waals surface area (Å²) in [7, 11) is 0. The predicted octanol–water partition coefficient (Wildman–Crippen LogP) is 3.39. The number of rotatable bonds is 3. The summed E-state index contributed by atoms with van der Waals surface area (Å²) in [5.41, 5.74) is 6.88. The first-order chi connectivity index (χ1) is 9.04. The molecular weight excluding hydrogens is 283 g/mol. The Balaban J connectivity index is 2.23. The lowest BCUT2D eigenvalue weighted by Gasteiger charge is -2.27. The minimum absolute atomic E-state index is 0.0241. The van der Waals surface area contributed by atoms with Gasteiger partial charge in [0, 0.05) is 6.54 Å². The molecule has 1 aliphatic heterocycles. The minimum Gasteiger partial charge on any atom is -0.334 e. The van der Waals surface area contributed by atoms with Gasteiger partial charge in [-0.2, -0.15) is 0 Å². The number of hydrogen-bond acceptors (Lipinski definition) is 2. The average Bonchev–Trinajstić information content (AvgIpc) is 2.89. The molecule has 2 rings (SSSR count). The third kappa shape index (κ3) is 3.04. The fourth-order valence-electron chi connectivity index (χ4n) is 2.48. The van der Waals surface area contributed by atoms with Crippen molar-refractivity contribution >= 4 is 29.1 Å². The van der Waals surface area contributed by atoms with Gasteiger partial charge in [-0.15, -0.1) is 0 Å². The van der Waals surface area contributed by atoms with Crippen molar-refractivity contribution in [1.29, 1.82) is 0 Å². The number of halogens is 2. The second-order valence-corrected chi connectivity index (χ2v) is 5.69. The van der Waals surface area contributed by atoms with Crippen molar-refractivity contribution in [2.24, 2.45) is 5.73 Å². The number of nitrogens with zero attached hydrogens (tertiary/aromatic N) is 1. The van der Waals surface area contributed by atoms with E-state index in [1.165, 1.54) is 0 Å². The summed E-state index contributed by atoms with van der Waals surface area (Å²) in [6.07, 6.45) is 2.59. The second kappa shape index (κ2) is 6.12. The third-order valence-corrected chi connectivity index (χ3v) is 4.36. The first kappa shape index (κ1) is 14.6. The topological polar surface area (TPSA) is 46.3 Å². The first-order valence-corrected chi connectivity index (χ1v) is 7.31. The molecule has 0 aromatic heterocycles. The normalized spacial score (nSPS) is 20.6. The van der Waals surface area contributed by atoms with Gasteiger partial charge in [-0.05, 0) is 37.0 Å². The Hall–Kier alpha value is -0.770. The molecule has 1 heterocycles. The van der Waals surface area contributed by atoms with E-state index in [4.69, 9.17) is 28.9 Å². The number of amides is 1. The van der Waals surface area contributed by atoms with Crippen LogP contribution in [0.15, 0.2) is 18.2 Å². The van der Waals surface area contributed by atoms with Crippen LogP contribution in [0.1, 0.15) is 37.8 Å². The van der Waals surface area contributed by atoms with Crippen LogP contribution in [0.5, 0.6) is 0 Å². The van der Waals surface area contributed by atoms with Crippen LogP contribution in [0.25, 0.3) is 0 Å². The van der Waals surface area contributed by atoms with Gasteiger partial charge in [-0.3, -0.25) is 4.79 Å². The maximum absolute atomic E-state index is 12.3. The number of carbonyl (C=O) groups is 1. The summed E-state index contributed by atoms with van der Waals surface area (Å²) in [5.74, 6) is 0.0241. The standard InChI is InChI=1S/C14H18Cl2N2O/c1-2-12(17)14(19)18-7-3-4-13(18)9-5-6-10(15)11(16)8-9/h5-6,8,12-13H,2-4,7,17H2,1H3. The Morgan fingerprint density at radius 2 is 2.21 bits per heavy atom. The lowest BCUT2D eigenvalue weighted by Crippen LogP contribution is -2.43.